The van der Waals surface area contributed by atoms with Gasteiger partial charge in [0.15, 0.2) is 0 Å². The van der Waals surface area contributed by atoms with Crippen molar-refractivity contribution in [3.05, 3.63) is 24.3 Å². The van der Waals surface area contributed by atoms with Crippen LogP contribution < -0.4 is 11.1 Å². The van der Waals surface area contributed by atoms with Crippen molar-refractivity contribution in [2.45, 2.75) is 19.9 Å². The number of hydrogen-bond acceptors (Lipinski definition) is 4. The van der Waals surface area contributed by atoms with Crippen LogP contribution in [0.25, 0.3) is 0 Å². The van der Waals surface area contributed by atoms with Crippen LogP contribution in [-0.4, -0.2) is 30.4 Å². The molecule has 1 aromatic rings. The van der Waals surface area contributed by atoms with Gasteiger partial charge in [-0.1, -0.05) is 0 Å². The van der Waals surface area contributed by atoms with Crippen molar-refractivity contribution in [2.24, 2.45) is 5.92 Å². The van der Waals surface area contributed by atoms with Crippen molar-refractivity contribution in [1.82, 2.24) is 4.90 Å². The van der Waals surface area contributed by atoms with Gasteiger partial charge >= 0.3 is 0 Å². The van der Waals surface area contributed by atoms with Gasteiger partial charge in [-0.2, -0.15) is 5.26 Å². The maximum atomic E-state index is 12.0. The number of nitriles is 1. The predicted molar refractivity (Wildman–Crippen MR) is 76.4 cm³/mol. The first kappa shape index (κ1) is 15.0. The van der Waals surface area contributed by atoms with Crippen LogP contribution in [0.1, 0.15) is 13.8 Å². The van der Waals surface area contributed by atoms with Gasteiger partial charge in [0.25, 0.3) is 0 Å². The van der Waals surface area contributed by atoms with E-state index >= 15 is 0 Å². The summed E-state index contributed by atoms with van der Waals surface area (Å²) in [5, 5.41) is 11.6. The normalized spacial score (nSPS) is 13.6. The molecule has 5 heteroatoms. The Balaban J connectivity index is 2.57. The Morgan fingerprint density at radius 1 is 1.42 bits per heavy atom. The Morgan fingerprint density at radius 2 is 2.00 bits per heavy atom. The van der Waals surface area contributed by atoms with Crippen molar-refractivity contribution < 1.29 is 4.79 Å². The van der Waals surface area contributed by atoms with Gasteiger partial charge in [-0.25, -0.2) is 0 Å². The van der Waals surface area contributed by atoms with E-state index in [4.69, 9.17) is 11.0 Å². The highest BCUT2D eigenvalue weighted by molar-refractivity contribution is 5.94. The van der Waals surface area contributed by atoms with Crippen molar-refractivity contribution in [3.8, 4) is 6.07 Å². The fourth-order valence-electron chi connectivity index (χ4n) is 1.64. The molecule has 1 aromatic carbocycles. The van der Waals surface area contributed by atoms with Crippen LogP contribution in [0.5, 0.6) is 0 Å². The second-order valence-electron chi connectivity index (χ2n) is 4.76. The van der Waals surface area contributed by atoms with E-state index in [1.54, 1.807) is 24.3 Å². The standard InChI is InChI=1S/C14H20N4O/c1-10(8-15)9-18(3)11(2)14(19)17-13-6-4-12(16)5-7-13/h4-7,10-11H,9,16H2,1-3H3,(H,17,19). The van der Waals surface area contributed by atoms with Gasteiger partial charge < -0.3 is 11.1 Å². The summed E-state index contributed by atoms with van der Waals surface area (Å²) in [6.45, 7) is 4.21. The SMILES string of the molecule is CC(C#N)CN(C)C(C)C(=O)Nc1ccc(N)cc1. The topological polar surface area (TPSA) is 82.2 Å². The first-order valence-electron chi connectivity index (χ1n) is 6.20. The van der Waals surface area contributed by atoms with Crippen molar-refractivity contribution >= 4 is 17.3 Å². The molecule has 0 spiro atoms. The minimum absolute atomic E-state index is 0.0996. The lowest BCUT2D eigenvalue weighted by Crippen LogP contribution is -2.41. The number of hydrogen-bond donors (Lipinski definition) is 2. The van der Waals surface area contributed by atoms with Crippen LogP contribution >= 0.6 is 0 Å². The third-order valence-corrected chi connectivity index (χ3v) is 3.00. The first-order chi connectivity index (χ1) is 8.93. The molecule has 0 fully saturated rings. The maximum Gasteiger partial charge on any atom is 0.241 e. The Labute approximate surface area is 114 Å². The lowest BCUT2D eigenvalue weighted by Gasteiger charge is -2.24. The fourth-order valence-corrected chi connectivity index (χ4v) is 1.64. The first-order valence-corrected chi connectivity index (χ1v) is 6.20. The Morgan fingerprint density at radius 3 is 2.53 bits per heavy atom. The number of rotatable bonds is 5. The molecule has 0 bridgehead atoms. The van der Waals surface area contributed by atoms with Gasteiger partial charge in [0, 0.05) is 17.9 Å². The molecule has 1 rings (SSSR count). The molecule has 102 valence electrons. The number of benzene rings is 1. The molecule has 2 unspecified atom stereocenters. The average Bonchev–Trinajstić information content (AvgIpc) is 2.40. The molecule has 3 N–H and O–H groups in total. The highest BCUT2D eigenvalue weighted by atomic mass is 16.2. The molecule has 0 radical (unpaired) electrons. The summed E-state index contributed by atoms with van der Waals surface area (Å²) in [7, 11) is 1.83. The number of carbonyl (C=O) groups excluding carboxylic acids is 1. The van der Waals surface area contributed by atoms with E-state index in [-0.39, 0.29) is 17.9 Å². The molecule has 0 aliphatic heterocycles. The van der Waals surface area contributed by atoms with Crippen LogP contribution in [-0.2, 0) is 4.79 Å². The number of amides is 1. The second-order valence-corrected chi connectivity index (χ2v) is 4.76. The summed E-state index contributed by atoms with van der Waals surface area (Å²) in [6, 6.07) is 8.86. The van der Waals surface area contributed by atoms with E-state index in [1.165, 1.54) is 0 Å². The van der Waals surface area contributed by atoms with E-state index in [0.717, 1.165) is 0 Å². The third kappa shape index (κ3) is 4.60. The molecule has 19 heavy (non-hydrogen) atoms. The quantitative estimate of drug-likeness (QED) is 0.789. The number of carbonyl (C=O) groups is 1. The van der Waals surface area contributed by atoms with Crippen LogP contribution in [0.2, 0.25) is 0 Å². The summed E-state index contributed by atoms with van der Waals surface area (Å²) in [5.41, 5.74) is 6.96. The summed E-state index contributed by atoms with van der Waals surface area (Å²) in [4.78, 5) is 13.9. The zero-order valence-corrected chi connectivity index (χ0v) is 11.6. The minimum atomic E-state index is -0.298. The number of nitrogens with one attached hydrogen (secondary N) is 1. The zero-order chi connectivity index (χ0) is 14.4. The number of nitrogens with two attached hydrogens (primary N) is 1. The van der Waals surface area contributed by atoms with E-state index in [2.05, 4.69) is 11.4 Å². The maximum absolute atomic E-state index is 12.0. The monoisotopic (exact) mass is 260 g/mol. The second kappa shape index (κ2) is 6.76. The summed E-state index contributed by atoms with van der Waals surface area (Å²) in [6.07, 6.45) is 0. The summed E-state index contributed by atoms with van der Waals surface area (Å²) < 4.78 is 0. The lowest BCUT2D eigenvalue weighted by molar-refractivity contribution is -0.120. The largest absolute Gasteiger partial charge is 0.399 e. The third-order valence-electron chi connectivity index (χ3n) is 3.00. The van der Waals surface area contributed by atoms with Gasteiger partial charge in [0.05, 0.1) is 18.0 Å². The molecule has 0 heterocycles. The van der Waals surface area contributed by atoms with Gasteiger partial charge in [0.2, 0.25) is 5.91 Å². The molecular weight excluding hydrogens is 240 g/mol. The zero-order valence-electron chi connectivity index (χ0n) is 11.6. The van der Waals surface area contributed by atoms with Gasteiger partial charge in [-0.3, -0.25) is 9.69 Å². The van der Waals surface area contributed by atoms with E-state index in [1.807, 2.05) is 25.8 Å². The Kier molecular flexibility index (Phi) is 5.34. The number of anilines is 2. The molecular formula is C14H20N4O. The minimum Gasteiger partial charge on any atom is -0.399 e. The van der Waals surface area contributed by atoms with E-state index < -0.39 is 0 Å². The Hall–Kier alpha value is -2.06. The van der Waals surface area contributed by atoms with Crippen molar-refractivity contribution in [3.63, 3.8) is 0 Å². The molecule has 0 saturated heterocycles. The summed E-state index contributed by atoms with van der Waals surface area (Å²) in [5.74, 6) is -0.200. The van der Waals surface area contributed by atoms with E-state index in [9.17, 15) is 4.79 Å². The molecule has 0 aromatic heterocycles. The lowest BCUT2D eigenvalue weighted by atomic mass is 10.1. The Bertz CT molecular complexity index is 463. The number of nitrogens with zero attached hydrogens (tertiary/aromatic N) is 2. The van der Waals surface area contributed by atoms with Crippen molar-refractivity contribution in [1.29, 1.82) is 5.26 Å². The molecule has 1 amide bonds. The van der Waals surface area contributed by atoms with Crippen LogP contribution in [0.15, 0.2) is 24.3 Å². The molecule has 0 saturated carbocycles. The molecule has 0 aliphatic carbocycles. The van der Waals surface area contributed by atoms with Crippen LogP contribution in [0.4, 0.5) is 11.4 Å². The number of nitrogen functional groups attached to an aromatic ring is 1. The van der Waals surface area contributed by atoms with E-state index in [0.29, 0.717) is 17.9 Å². The van der Waals surface area contributed by atoms with Gasteiger partial charge in [-0.05, 0) is 45.2 Å². The molecule has 2 atom stereocenters. The van der Waals surface area contributed by atoms with Gasteiger partial charge in [-0.15, -0.1) is 0 Å². The highest BCUT2D eigenvalue weighted by Gasteiger charge is 2.19. The van der Waals surface area contributed by atoms with Crippen molar-refractivity contribution in [2.75, 3.05) is 24.6 Å². The fraction of sp³-hybridized carbons (Fsp3) is 0.429. The summed E-state index contributed by atoms with van der Waals surface area (Å²) >= 11 is 0. The molecule has 5 nitrogen and oxygen atoms in total. The molecule has 0 aliphatic rings. The highest BCUT2D eigenvalue weighted by Crippen LogP contribution is 2.12. The van der Waals surface area contributed by atoms with Crippen LogP contribution in [0.3, 0.4) is 0 Å². The average molecular weight is 260 g/mol. The number of likely N-dealkylation sites (N-methyl/N-ethyl adjacent to an activating group) is 1. The predicted octanol–water partition coefficient (Wildman–Crippen LogP) is 1.69. The smallest absolute Gasteiger partial charge is 0.241 e. The van der Waals surface area contributed by atoms with Gasteiger partial charge in [0.1, 0.15) is 0 Å². The van der Waals surface area contributed by atoms with Crippen LogP contribution in [0, 0.1) is 17.2 Å².